The lowest BCUT2D eigenvalue weighted by Crippen LogP contribution is -2.45. The summed E-state index contributed by atoms with van der Waals surface area (Å²) in [6, 6.07) is 0.133. The lowest BCUT2D eigenvalue weighted by molar-refractivity contribution is 0.0998. The molecular weight excluding hydrogens is 190 g/mol. The highest BCUT2D eigenvalue weighted by atomic mass is 16.3. The molecule has 0 saturated heterocycles. The Morgan fingerprint density at radius 3 is 1.93 bits per heavy atom. The second-order valence-corrected chi connectivity index (χ2v) is 4.78. The van der Waals surface area contributed by atoms with E-state index in [-0.39, 0.29) is 24.7 Å². The summed E-state index contributed by atoms with van der Waals surface area (Å²) in [7, 11) is 0. The second-order valence-electron chi connectivity index (χ2n) is 4.78. The fraction of sp³-hybridized carbons (Fsp3) is 1.00. The highest BCUT2D eigenvalue weighted by molar-refractivity contribution is 4.81. The molecular formula is C12H27NO2. The molecule has 0 fully saturated rings. The quantitative estimate of drug-likeness (QED) is 0.576. The van der Waals surface area contributed by atoms with Crippen LogP contribution in [0.15, 0.2) is 0 Å². The van der Waals surface area contributed by atoms with E-state index in [0.29, 0.717) is 5.92 Å². The van der Waals surface area contributed by atoms with Crippen LogP contribution in [-0.2, 0) is 0 Å². The van der Waals surface area contributed by atoms with E-state index in [0.717, 1.165) is 19.4 Å². The molecule has 0 amide bonds. The third-order valence-corrected chi connectivity index (χ3v) is 3.58. The summed E-state index contributed by atoms with van der Waals surface area (Å²) in [5, 5.41) is 21.9. The van der Waals surface area contributed by atoms with Crippen LogP contribution in [0.25, 0.3) is 0 Å². The van der Waals surface area contributed by atoms with Crippen LogP contribution >= 0.6 is 0 Å². The van der Waals surface area contributed by atoms with Crippen LogP contribution in [0.1, 0.15) is 40.5 Å². The normalized spacial score (nSPS) is 14.6. The number of hydrogen-bond donors (Lipinski definition) is 3. The van der Waals surface area contributed by atoms with Crippen molar-refractivity contribution in [1.29, 1.82) is 0 Å². The molecule has 3 heteroatoms. The molecule has 0 aliphatic heterocycles. The Morgan fingerprint density at radius 2 is 1.67 bits per heavy atom. The first kappa shape index (κ1) is 14.9. The average Bonchev–Trinajstić information content (AvgIpc) is 2.25. The van der Waals surface area contributed by atoms with Gasteiger partial charge in [0.1, 0.15) is 0 Å². The highest BCUT2D eigenvalue weighted by Crippen LogP contribution is 2.24. The van der Waals surface area contributed by atoms with Crippen molar-refractivity contribution in [3.05, 3.63) is 0 Å². The summed E-state index contributed by atoms with van der Waals surface area (Å²) in [5.74, 6) is 0.417. The summed E-state index contributed by atoms with van der Waals surface area (Å²) in [6.45, 7) is 9.53. The van der Waals surface area contributed by atoms with Gasteiger partial charge in [-0.15, -0.1) is 0 Å². The van der Waals surface area contributed by atoms with Crippen molar-refractivity contribution >= 4 is 0 Å². The first-order chi connectivity index (χ1) is 7.05. The Bertz CT molecular complexity index is 147. The van der Waals surface area contributed by atoms with E-state index in [1.54, 1.807) is 0 Å². The maximum Gasteiger partial charge on any atom is 0.0587 e. The van der Waals surface area contributed by atoms with Gasteiger partial charge in [0.2, 0.25) is 0 Å². The van der Waals surface area contributed by atoms with Gasteiger partial charge in [0.25, 0.3) is 0 Å². The van der Waals surface area contributed by atoms with Gasteiger partial charge in [-0.05, 0) is 18.8 Å². The highest BCUT2D eigenvalue weighted by Gasteiger charge is 2.26. The van der Waals surface area contributed by atoms with E-state index in [1.165, 1.54) is 0 Å². The molecule has 0 aliphatic carbocycles. The van der Waals surface area contributed by atoms with Gasteiger partial charge in [-0.3, -0.25) is 0 Å². The molecule has 15 heavy (non-hydrogen) atoms. The zero-order valence-corrected chi connectivity index (χ0v) is 10.6. The molecule has 0 unspecified atom stereocenters. The molecule has 3 nitrogen and oxygen atoms in total. The van der Waals surface area contributed by atoms with Crippen molar-refractivity contribution < 1.29 is 10.2 Å². The molecule has 1 atom stereocenters. The van der Waals surface area contributed by atoms with Crippen LogP contribution in [0.4, 0.5) is 0 Å². The van der Waals surface area contributed by atoms with Gasteiger partial charge < -0.3 is 15.5 Å². The van der Waals surface area contributed by atoms with Gasteiger partial charge >= 0.3 is 0 Å². The summed E-state index contributed by atoms with van der Waals surface area (Å²) < 4.78 is 0. The molecule has 0 aliphatic rings. The minimum Gasteiger partial charge on any atom is -0.396 e. The van der Waals surface area contributed by atoms with E-state index < -0.39 is 0 Å². The molecule has 0 spiro atoms. The fourth-order valence-corrected chi connectivity index (χ4v) is 1.64. The Morgan fingerprint density at radius 1 is 1.13 bits per heavy atom. The largest absolute Gasteiger partial charge is 0.396 e. The molecule has 3 N–H and O–H groups in total. The van der Waals surface area contributed by atoms with Gasteiger partial charge in [-0.1, -0.05) is 27.7 Å². The smallest absolute Gasteiger partial charge is 0.0587 e. The number of aliphatic hydroxyl groups is 2. The van der Waals surface area contributed by atoms with Crippen LogP contribution in [0.3, 0.4) is 0 Å². The molecule has 92 valence electrons. The topological polar surface area (TPSA) is 52.5 Å². The summed E-state index contributed by atoms with van der Waals surface area (Å²) in [4.78, 5) is 0. The first-order valence-electron chi connectivity index (χ1n) is 6.00. The Labute approximate surface area is 93.9 Å². The van der Waals surface area contributed by atoms with E-state index in [4.69, 9.17) is 0 Å². The molecule has 0 aromatic carbocycles. The number of aliphatic hydroxyl groups excluding tert-OH is 2. The summed E-state index contributed by atoms with van der Waals surface area (Å²) in [5.41, 5.74) is -0.0255. The monoisotopic (exact) mass is 217 g/mol. The van der Waals surface area contributed by atoms with Gasteiger partial charge in [0.05, 0.1) is 6.61 Å². The molecule has 0 radical (unpaired) electrons. The minimum absolute atomic E-state index is 0.0255. The number of rotatable bonds is 8. The van der Waals surface area contributed by atoms with Gasteiger partial charge in [0.15, 0.2) is 0 Å². The van der Waals surface area contributed by atoms with Crippen LogP contribution in [0.5, 0.6) is 0 Å². The van der Waals surface area contributed by atoms with E-state index in [2.05, 4.69) is 33.0 Å². The van der Waals surface area contributed by atoms with Crippen molar-refractivity contribution in [3.8, 4) is 0 Å². The zero-order chi connectivity index (χ0) is 11.9. The summed E-state index contributed by atoms with van der Waals surface area (Å²) in [6.07, 6.45) is 1.92. The van der Waals surface area contributed by atoms with Crippen molar-refractivity contribution in [3.63, 3.8) is 0 Å². The third kappa shape index (κ3) is 4.49. The fourth-order valence-electron chi connectivity index (χ4n) is 1.64. The Hall–Kier alpha value is -0.120. The van der Waals surface area contributed by atoms with Crippen molar-refractivity contribution in [1.82, 2.24) is 5.32 Å². The van der Waals surface area contributed by atoms with Crippen LogP contribution < -0.4 is 5.32 Å². The maximum absolute atomic E-state index is 9.40. The SMILES string of the molecule is CCC(CC)(CO)CN[C@H](CO)C(C)C. The van der Waals surface area contributed by atoms with Crippen LogP contribution in [0, 0.1) is 11.3 Å². The predicted octanol–water partition coefficient (Wildman–Crippen LogP) is 1.39. The first-order valence-corrected chi connectivity index (χ1v) is 6.00. The Kier molecular flexibility index (Phi) is 7.14. The van der Waals surface area contributed by atoms with Crippen molar-refractivity contribution in [2.24, 2.45) is 11.3 Å². The van der Waals surface area contributed by atoms with Crippen LogP contribution in [-0.4, -0.2) is 36.0 Å². The molecule has 0 aromatic heterocycles. The number of hydrogen-bond acceptors (Lipinski definition) is 3. The Balaban J connectivity index is 4.19. The third-order valence-electron chi connectivity index (χ3n) is 3.58. The van der Waals surface area contributed by atoms with Crippen LogP contribution in [0.2, 0.25) is 0 Å². The molecule has 0 rings (SSSR count). The van der Waals surface area contributed by atoms with Gasteiger partial charge in [0, 0.05) is 24.6 Å². The van der Waals surface area contributed by atoms with E-state index >= 15 is 0 Å². The lowest BCUT2D eigenvalue weighted by Gasteiger charge is -2.32. The van der Waals surface area contributed by atoms with Gasteiger partial charge in [-0.2, -0.15) is 0 Å². The minimum atomic E-state index is -0.0255. The average molecular weight is 217 g/mol. The number of nitrogens with one attached hydrogen (secondary N) is 1. The second kappa shape index (κ2) is 7.20. The van der Waals surface area contributed by atoms with Crippen molar-refractivity contribution in [2.75, 3.05) is 19.8 Å². The molecule has 0 bridgehead atoms. The predicted molar refractivity (Wildman–Crippen MR) is 63.8 cm³/mol. The van der Waals surface area contributed by atoms with Crippen molar-refractivity contribution in [2.45, 2.75) is 46.6 Å². The lowest BCUT2D eigenvalue weighted by atomic mass is 9.83. The van der Waals surface area contributed by atoms with E-state index in [1.807, 2.05) is 0 Å². The van der Waals surface area contributed by atoms with E-state index in [9.17, 15) is 10.2 Å². The maximum atomic E-state index is 9.40. The molecule has 0 aromatic rings. The summed E-state index contributed by atoms with van der Waals surface area (Å²) >= 11 is 0. The molecule has 0 saturated carbocycles. The molecule has 0 heterocycles. The zero-order valence-electron chi connectivity index (χ0n) is 10.6. The van der Waals surface area contributed by atoms with Gasteiger partial charge in [-0.25, -0.2) is 0 Å². The standard InChI is InChI=1S/C12H27NO2/c1-5-12(6-2,9-15)8-13-11(7-14)10(3)4/h10-11,13-15H,5-9H2,1-4H3/t11-/m1/s1.